The Morgan fingerprint density at radius 3 is 2.90 bits per heavy atom. The number of fused-ring (bicyclic) bond motifs is 2. The van der Waals surface area contributed by atoms with Crippen molar-refractivity contribution in [3.63, 3.8) is 0 Å². The second kappa shape index (κ2) is 4.67. The van der Waals surface area contributed by atoms with Crippen LogP contribution in [0.5, 0.6) is 5.75 Å². The average molecular weight is 301 g/mol. The maximum absolute atomic E-state index is 13.4. The summed E-state index contributed by atoms with van der Waals surface area (Å²) in [5.41, 5.74) is 2.49. The predicted octanol–water partition coefficient (Wildman–Crippen LogP) is 4.02. The molecule has 1 aromatic heterocycles. The van der Waals surface area contributed by atoms with Crippen molar-refractivity contribution in [2.24, 2.45) is 0 Å². The molecule has 2 heterocycles. The van der Waals surface area contributed by atoms with Crippen LogP contribution < -0.4 is 4.74 Å². The number of aromatic nitrogens is 2. The third-order valence-electron chi connectivity index (χ3n) is 3.56. The van der Waals surface area contributed by atoms with Crippen LogP contribution in [0.3, 0.4) is 0 Å². The standard InChI is InChI=1S/C16H10ClFN2O/c17-15-12-3-2-11(18)8-13(12)19-16(20-15)10-1-4-14-9(7-10)5-6-21-14/h1-4,7-8H,5-6H2. The van der Waals surface area contributed by atoms with E-state index < -0.39 is 0 Å². The molecule has 2 aromatic carbocycles. The molecule has 1 aliphatic rings. The molecule has 0 spiro atoms. The fourth-order valence-electron chi connectivity index (χ4n) is 2.52. The van der Waals surface area contributed by atoms with Crippen molar-refractivity contribution in [3.05, 3.63) is 52.9 Å². The zero-order valence-corrected chi connectivity index (χ0v) is 11.7. The molecule has 0 atom stereocenters. The van der Waals surface area contributed by atoms with Crippen LogP contribution in [0.25, 0.3) is 22.3 Å². The molecule has 0 aliphatic carbocycles. The Labute approximate surface area is 125 Å². The van der Waals surface area contributed by atoms with Gasteiger partial charge in [0.2, 0.25) is 0 Å². The Balaban J connectivity index is 1.90. The van der Waals surface area contributed by atoms with E-state index in [2.05, 4.69) is 9.97 Å². The minimum atomic E-state index is -0.342. The number of hydrogen-bond acceptors (Lipinski definition) is 3. The van der Waals surface area contributed by atoms with Crippen molar-refractivity contribution in [2.75, 3.05) is 6.61 Å². The molecule has 0 radical (unpaired) electrons. The van der Waals surface area contributed by atoms with E-state index in [0.29, 0.717) is 28.5 Å². The third-order valence-corrected chi connectivity index (χ3v) is 3.85. The molecule has 3 aromatic rings. The number of halogens is 2. The molecule has 5 heteroatoms. The quantitative estimate of drug-likeness (QED) is 0.637. The molecule has 0 saturated carbocycles. The maximum Gasteiger partial charge on any atom is 0.161 e. The molecule has 0 amide bonds. The number of benzene rings is 2. The molecule has 21 heavy (non-hydrogen) atoms. The number of rotatable bonds is 1. The zero-order valence-electron chi connectivity index (χ0n) is 10.9. The summed E-state index contributed by atoms with van der Waals surface area (Å²) in [6, 6.07) is 10.1. The van der Waals surface area contributed by atoms with E-state index in [1.807, 2.05) is 18.2 Å². The van der Waals surface area contributed by atoms with E-state index in [1.165, 1.54) is 12.1 Å². The van der Waals surface area contributed by atoms with Crippen LogP contribution in [0.1, 0.15) is 5.56 Å². The highest BCUT2D eigenvalue weighted by Crippen LogP contribution is 2.31. The summed E-state index contributed by atoms with van der Waals surface area (Å²) < 4.78 is 18.8. The summed E-state index contributed by atoms with van der Waals surface area (Å²) >= 11 is 6.18. The van der Waals surface area contributed by atoms with E-state index in [4.69, 9.17) is 16.3 Å². The van der Waals surface area contributed by atoms with Crippen molar-refractivity contribution in [2.45, 2.75) is 6.42 Å². The molecular formula is C16H10ClFN2O. The second-order valence-electron chi connectivity index (χ2n) is 4.92. The molecule has 4 rings (SSSR count). The fraction of sp³-hybridized carbons (Fsp3) is 0.125. The lowest BCUT2D eigenvalue weighted by Crippen LogP contribution is -1.93. The molecular weight excluding hydrogens is 291 g/mol. The van der Waals surface area contributed by atoms with E-state index in [0.717, 1.165) is 23.3 Å². The van der Waals surface area contributed by atoms with Gasteiger partial charge in [-0.1, -0.05) is 11.6 Å². The Bertz CT molecular complexity index is 866. The summed E-state index contributed by atoms with van der Waals surface area (Å²) in [6.45, 7) is 0.698. The van der Waals surface area contributed by atoms with Gasteiger partial charge in [-0.3, -0.25) is 0 Å². The first-order valence-corrected chi connectivity index (χ1v) is 6.97. The first-order chi connectivity index (χ1) is 10.2. The van der Waals surface area contributed by atoms with Gasteiger partial charge in [0, 0.05) is 23.4 Å². The van der Waals surface area contributed by atoms with Gasteiger partial charge in [0.05, 0.1) is 12.1 Å². The van der Waals surface area contributed by atoms with Crippen LogP contribution in [-0.2, 0) is 6.42 Å². The Morgan fingerprint density at radius 1 is 1.10 bits per heavy atom. The van der Waals surface area contributed by atoms with Crippen LogP contribution in [0.15, 0.2) is 36.4 Å². The smallest absolute Gasteiger partial charge is 0.161 e. The highest BCUT2D eigenvalue weighted by atomic mass is 35.5. The van der Waals surface area contributed by atoms with Gasteiger partial charge >= 0.3 is 0 Å². The zero-order chi connectivity index (χ0) is 14.4. The molecule has 0 fully saturated rings. The largest absolute Gasteiger partial charge is 0.493 e. The highest BCUT2D eigenvalue weighted by Gasteiger charge is 2.15. The summed E-state index contributed by atoms with van der Waals surface area (Å²) in [5.74, 6) is 1.05. The minimum absolute atomic E-state index is 0.326. The molecule has 0 N–H and O–H groups in total. The summed E-state index contributed by atoms with van der Waals surface area (Å²) in [7, 11) is 0. The van der Waals surface area contributed by atoms with Gasteiger partial charge in [0.1, 0.15) is 16.7 Å². The SMILES string of the molecule is Fc1ccc2c(Cl)nc(-c3ccc4c(c3)CCO4)nc2c1. The van der Waals surface area contributed by atoms with E-state index >= 15 is 0 Å². The van der Waals surface area contributed by atoms with Crippen molar-refractivity contribution >= 4 is 22.5 Å². The summed E-state index contributed by atoms with van der Waals surface area (Å²) in [6.07, 6.45) is 0.874. The van der Waals surface area contributed by atoms with Gasteiger partial charge in [-0.15, -0.1) is 0 Å². The molecule has 104 valence electrons. The molecule has 3 nitrogen and oxygen atoms in total. The fourth-order valence-corrected chi connectivity index (χ4v) is 2.76. The Kier molecular flexibility index (Phi) is 2.79. The van der Waals surface area contributed by atoms with Crippen molar-refractivity contribution in [1.29, 1.82) is 0 Å². The number of ether oxygens (including phenoxy) is 1. The summed E-state index contributed by atoms with van der Waals surface area (Å²) in [5, 5.41) is 0.970. The molecule has 1 aliphatic heterocycles. The summed E-state index contributed by atoms with van der Waals surface area (Å²) in [4.78, 5) is 8.73. The Morgan fingerprint density at radius 2 is 2.00 bits per heavy atom. The number of hydrogen-bond donors (Lipinski definition) is 0. The van der Waals surface area contributed by atoms with Crippen LogP contribution >= 0.6 is 11.6 Å². The first-order valence-electron chi connectivity index (χ1n) is 6.59. The van der Waals surface area contributed by atoms with Crippen molar-refractivity contribution in [3.8, 4) is 17.1 Å². The topological polar surface area (TPSA) is 35.0 Å². The van der Waals surface area contributed by atoms with Gasteiger partial charge in [-0.05, 0) is 35.9 Å². The minimum Gasteiger partial charge on any atom is -0.493 e. The average Bonchev–Trinajstić information content (AvgIpc) is 2.94. The third kappa shape index (κ3) is 2.12. The lowest BCUT2D eigenvalue weighted by atomic mass is 10.1. The van der Waals surface area contributed by atoms with Crippen molar-refractivity contribution < 1.29 is 9.13 Å². The molecule has 0 saturated heterocycles. The number of nitrogens with zero attached hydrogens (tertiary/aromatic N) is 2. The second-order valence-corrected chi connectivity index (χ2v) is 5.28. The van der Waals surface area contributed by atoms with E-state index in [1.54, 1.807) is 6.07 Å². The van der Waals surface area contributed by atoms with Gasteiger partial charge < -0.3 is 4.74 Å². The lowest BCUT2D eigenvalue weighted by molar-refractivity contribution is 0.357. The maximum atomic E-state index is 13.4. The van der Waals surface area contributed by atoms with Crippen LogP contribution in [0.4, 0.5) is 4.39 Å². The van der Waals surface area contributed by atoms with Gasteiger partial charge in [-0.2, -0.15) is 0 Å². The molecule has 0 unspecified atom stereocenters. The molecule has 0 bridgehead atoms. The highest BCUT2D eigenvalue weighted by molar-refractivity contribution is 6.34. The predicted molar refractivity (Wildman–Crippen MR) is 79.1 cm³/mol. The van der Waals surface area contributed by atoms with E-state index in [-0.39, 0.29) is 5.82 Å². The van der Waals surface area contributed by atoms with Crippen LogP contribution in [-0.4, -0.2) is 16.6 Å². The van der Waals surface area contributed by atoms with Gasteiger partial charge in [-0.25, -0.2) is 14.4 Å². The normalized spacial score (nSPS) is 13.2. The van der Waals surface area contributed by atoms with Gasteiger partial charge in [0.25, 0.3) is 0 Å². The van der Waals surface area contributed by atoms with Crippen molar-refractivity contribution in [1.82, 2.24) is 9.97 Å². The van der Waals surface area contributed by atoms with Gasteiger partial charge in [0.15, 0.2) is 5.82 Å². The van der Waals surface area contributed by atoms with Crippen LogP contribution in [0, 0.1) is 5.82 Å². The Hall–Kier alpha value is -2.20. The van der Waals surface area contributed by atoms with E-state index in [9.17, 15) is 4.39 Å². The van der Waals surface area contributed by atoms with Crippen LogP contribution in [0.2, 0.25) is 5.15 Å². The first kappa shape index (κ1) is 12.5. The monoisotopic (exact) mass is 300 g/mol. The lowest BCUT2D eigenvalue weighted by Gasteiger charge is -2.06.